The molecule has 1 aromatic carbocycles. The predicted molar refractivity (Wildman–Crippen MR) is 79.3 cm³/mol. The zero-order valence-corrected chi connectivity index (χ0v) is 12.0. The standard InChI is InChI=1S/C15H22N4O/c1-3-19-9-8-17-15(19)14(18-16)7-10-20-13-6-4-5-12(2)11-13/h4-6,8-9,11,14,18H,3,7,10,16H2,1-2H3. The molecule has 1 unspecified atom stereocenters. The Hall–Kier alpha value is -1.85. The summed E-state index contributed by atoms with van der Waals surface area (Å²) >= 11 is 0. The molecule has 5 heteroatoms. The maximum Gasteiger partial charge on any atom is 0.127 e. The van der Waals surface area contributed by atoms with E-state index in [4.69, 9.17) is 10.6 Å². The first-order valence-corrected chi connectivity index (χ1v) is 6.91. The summed E-state index contributed by atoms with van der Waals surface area (Å²) in [6, 6.07) is 8.03. The zero-order chi connectivity index (χ0) is 14.4. The molecule has 20 heavy (non-hydrogen) atoms. The number of hydrogen-bond acceptors (Lipinski definition) is 4. The van der Waals surface area contributed by atoms with Crippen LogP contribution in [0.4, 0.5) is 0 Å². The van der Waals surface area contributed by atoms with Gasteiger partial charge in [-0.3, -0.25) is 5.84 Å². The number of rotatable bonds is 7. The SMILES string of the molecule is CCn1ccnc1C(CCOc1cccc(C)c1)NN. The molecule has 0 amide bonds. The number of imidazole rings is 1. The Labute approximate surface area is 119 Å². The van der Waals surface area contributed by atoms with Gasteiger partial charge in [0.05, 0.1) is 12.6 Å². The van der Waals surface area contributed by atoms with E-state index in [1.54, 1.807) is 6.20 Å². The van der Waals surface area contributed by atoms with E-state index in [1.807, 2.05) is 24.4 Å². The molecule has 0 aliphatic heterocycles. The number of benzene rings is 1. The van der Waals surface area contributed by atoms with Crippen molar-refractivity contribution in [1.82, 2.24) is 15.0 Å². The van der Waals surface area contributed by atoms with E-state index in [1.165, 1.54) is 5.56 Å². The summed E-state index contributed by atoms with van der Waals surface area (Å²) in [5.74, 6) is 7.47. The summed E-state index contributed by atoms with van der Waals surface area (Å²) in [4.78, 5) is 4.36. The number of nitrogens with one attached hydrogen (secondary N) is 1. The lowest BCUT2D eigenvalue weighted by Gasteiger charge is -2.17. The highest BCUT2D eigenvalue weighted by atomic mass is 16.5. The Balaban J connectivity index is 1.91. The largest absolute Gasteiger partial charge is 0.494 e. The van der Waals surface area contributed by atoms with Crippen molar-refractivity contribution in [2.24, 2.45) is 5.84 Å². The van der Waals surface area contributed by atoms with Crippen LogP contribution in [-0.2, 0) is 6.54 Å². The van der Waals surface area contributed by atoms with Gasteiger partial charge < -0.3 is 9.30 Å². The third-order valence-electron chi connectivity index (χ3n) is 3.27. The summed E-state index contributed by atoms with van der Waals surface area (Å²) in [6.07, 6.45) is 4.52. The minimum Gasteiger partial charge on any atom is -0.494 e. The second-order valence-electron chi connectivity index (χ2n) is 4.74. The molecule has 108 valence electrons. The lowest BCUT2D eigenvalue weighted by molar-refractivity contribution is 0.282. The van der Waals surface area contributed by atoms with Gasteiger partial charge in [-0.2, -0.15) is 0 Å². The van der Waals surface area contributed by atoms with Crippen molar-refractivity contribution >= 4 is 0 Å². The smallest absolute Gasteiger partial charge is 0.127 e. The van der Waals surface area contributed by atoms with E-state index in [2.05, 4.69) is 34.9 Å². The van der Waals surface area contributed by atoms with Crippen molar-refractivity contribution in [1.29, 1.82) is 0 Å². The van der Waals surface area contributed by atoms with Crippen molar-refractivity contribution in [3.8, 4) is 5.75 Å². The quantitative estimate of drug-likeness (QED) is 0.600. The van der Waals surface area contributed by atoms with Crippen molar-refractivity contribution in [2.75, 3.05) is 6.61 Å². The highest BCUT2D eigenvalue weighted by Crippen LogP contribution is 2.17. The number of hydrazine groups is 1. The molecule has 2 rings (SSSR count). The fourth-order valence-electron chi connectivity index (χ4n) is 2.18. The minimum absolute atomic E-state index is 0.00485. The summed E-state index contributed by atoms with van der Waals surface area (Å²) in [5.41, 5.74) is 4.01. The number of aryl methyl sites for hydroxylation is 2. The van der Waals surface area contributed by atoms with E-state index < -0.39 is 0 Å². The van der Waals surface area contributed by atoms with Crippen molar-refractivity contribution < 1.29 is 4.74 Å². The third-order valence-corrected chi connectivity index (χ3v) is 3.27. The number of nitrogens with zero attached hydrogens (tertiary/aromatic N) is 2. The van der Waals surface area contributed by atoms with Crippen LogP contribution in [0.1, 0.15) is 30.8 Å². The van der Waals surface area contributed by atoms with Crippen LogP contribution in [0.15, 0.2) is 36.7 Å². The van der Waals surface area contributed by atoms with Crippen molar-refractivity contribution in [2.45, 2.75) is 32.9 Å². The average Bonchev–Trinajstić information content (AvgIpc) is 2.92. The summed E-state index contributed by atoms with van der Waals surface area (Å²) in [6.45, 7) is 5.61. The Kier molecular flexibility index (Phi) is 5.15. The Morgan fingerprint density at radius 3 is 3.00 bits per heavy atom. The van der Waals surface area contributed by atoms with Gasteiger partial charge in [0.2, 0.25) is 0 Å². The summed E-state index contributed by atoms with van der Waals surface area (Å²) in [5, 5.41) is 0. The van der Waals surface area contributed by atoms with Gasteiger partial charge in [-0.1, -0.05) is 12.1 Å². The molecule has 3 N–H and O–H groups in total. The number of nitrogens with two attached hydrogens (primary N) is 1. The van der Waals surface area contributed by atoms with Gasteiger partial charge in [0, 0.05) is 25.4 Å². The van der Waals surface area contributed by atoms with Crippen LogP contribution in [0.3, 0.4) is 0 Å². The zero-order valence-electron chi connectivity index (χ0n) is 12.0. The topological polar surface area (TPSA) is 65.1 Å². The second-order valence-corrected chi connectivity index (χ2v) is 4.74. The van der Waals surface area contributed by atoms with Crippen molar-refractivity contribution in [3.05, 3.63) is 48.0 Å². The molecule has 0 aliphatic rings. The minimum atomic E-state index is -0.00485. The Morgan fingerprint density at radius 1 is 1.45 bits per heavy atom. The molecule has 0 saturated carbocycles. The fourth-order valence-corrected chi connectivity index (χ4v) is 2.18. The molecule has 0 fully saturated rings. The maximum atomic E-state index is 5.76. The van der Waals surface area contributed by atoms with Crippen LogP contribution in [-0.4, -0.2) is 16.2 Å². The fraction of sp³-hybridized carbons (Fsp3) is 0.400. The predicted octanol–water partition coefficient (Wildman–Crippen LogP) is 2.18. The number of hydrogen-bond donors (Lipinski definition) is 2. The highest BCUT2D eigenvalue weighted by Gasteiger charge is 2.15. The normalized spacial score (nSPS) is 12.3. The van der Waals surface area contributed by atoms with Gasteiger partial charge >= 0.3 is 0 Å². The first-order chi connectivity index (χ1) is 9.74. The average molecular weight is 274 g/mol. The van der Waals surface area contributed by atoms with Gasteiger partial charge in [-0.25, -0.2) is 10.4 Å². The van der Waals surface area contributed by atoms with Crippen LogP contribution in [0.2, 0.25) is 0 Å². The highest BCUT2D eigenvalue weighted by molar-refractivity contribution is 5.27. The van der Waals surface area contributed by atoms with Gasteiger partial charge in [0.25, 0.3) is 0 Å². The monoisotopic (exact) mass is 274 g/mol. The van der Waals surface area contributed by atoms with Gasteiger partial charge in [0.1, 0.15) is 11.6 Å². The Morgan fingerprint density at radius 2 is 2.30 bits per heavy atom. The summed E-state index contributed by atoms with van der Waals surface area (Å²) in [7, 11) is 0. The molecule has 0 radical (unpaired) electrons. The summed E-state index contributed by atoms with van der Waals surface area (Å²) < 4.78 is 7.84. The van der Waals surface area contributed by atoms with E-state index >= 15 is 0 Å². The molecule has 0 saturated heterocycles. The number of ether oxygens (including phenoxy) is 1. The van der Waals surface area contributed by atoms with Crippen LogP contribution in [0.5, 0.6) is 5.75 Å². The molecular formula is C15H22N4O. The van der Waals surface area contributed by atoms with Gasteiger partial charge in [-0.05, 0) is 31.5 Å². The lowest BCUT2D eigenvalue weighted by atomic mass is 10.2. The van der Waals surface area contributed by atoms with Crippen LogP contribution >= 0.6 is 0 Å². The van der Waals surface area contributed by atoms with Gasteiger partial charge in [-0.15, -0.1) is 0 Å². The van der Waals surface area contributed by atoms with Crippen LogP contribution < -0.4 is 16.0 Å². The van der Waals surface area contributed by atoms with E-state index in [0.29, 0.717) is 6.61 Å². The van der Waals surface area contributed by atoms with Crippen molar-refractivity contribution in [3.63, 3.8) is 0 Å². The molecule has 1 heterocycles. The molecule has 5 nitrogen and oxygen atoms in total. The third kappa shape index (κ3) is 3.59. The van der Waals surface area contributed by atoms with Crippen LogP contribution in [0, 0.1) is 6.92 Å². The van der Waals surface area contributed by atoms with E-state index in [-0.39, 0.29) is 6.04 Å². The van der Waals surface area contributed by atoms with Gasteiger partial charge in [0.15, 0.2) is 0 Å². The Bertz CT molecular complexity index is 538. The molecule has 0 bridgehead atoms. The molecular weight excluding hydrogens is 252 g/mol. The van der Waals surface area contributed by atoms with E-state index in [0.717, 1.165) is 24.5 Å². The first kappa shape index (κ1) is 14.6. The molecule has 1 atom stereocenters. The number of aromatic nitrogens is 2. The van der Waals surface area contributed by atoms with E-state index in [9.17, 15) is 0 Å². The molecule has 0 spiro atoms. The molecule has 2 aromatic rings. The lowest BCUT2D eigenvalue weighted by Crippen LogP contribution is -2.31. The first-order valence-electron chi connectivity index (χ1n) is 6.91. The van der Waals surface area contributed by atoms with Crippen LogP contribution in [0.25, 0.3) is 0 Å². The molecule has 1 aromatic heterocycles. The molecule has 0 aliphatic carbocycles. The maximum absolute atomic E-state index is 5.76. The second kappa shape index (κ2) is 7.07.